The molecule has 1 unspecified atom stereocenters. The summed E-state index contributed by atoms with van der Waals surface area (Å²) in [5, 5.41) is 0.632. The molecule has 0 aromatic heterocycles. The maximum absolute atomic E-state index is 13.2. The summed E-state index contributed by atoms with van der Waals surface area (Å²) >= 11 is 13.0. The van der Waals surface area contributed by atoms with Crippen molar-refractivity contribution in [2.45, 2.75) is 11.2 Å². The van der Waals surface area contributed by atoms with Crippen molar-refractivity contribution in [2.75, 3.05) is 0 Å². The number of rotatable bonds is 3. The zero-order valence-electron chi connectivity index (χ0n) is 9.64. The van der Waals surface area contributed by atoms with Gasteiger partial charge in [0, 0.05) is 14.3 Å². The van der Waals surface area contributed by atoms with Gasteiger partial charge < -0.3 is 0 Å². The number of hydrogen-bond acceptors (Lipinski definition) is 0. The van der Waals surface area contributed by atoms with Crippen molar-refractivity contribution in [2.24, 2.45) is 0 Å². The summed E-state index contributed by atoms with van der Waals surface area (Å²) < 4.78 is 26.9. The molecule has 0 spiro atoms. The first-order valence-corrected chi connectivity index (χ1v) is 7.59. The Labute approximate surface area is 132 Å². The van der Waals surface area contributed by atoms with Crippen LogP contribution < -0.4 is 0 Å². The van der Waals surface area contributed by atoms with E-state index in [-0.39, 0.29) is 4.83 Å². The zero-order valence-corrected chi connectivity index (χ0v) is 13.6. The molecular formula is C14H9Br2ClF2. The molecule has 0 saturated heterocycles. The Morgan fingerprint density at radius 3 is 2.47 bits per heavy atom. The van der Waals surface area contributed by atoms with Gasteiger partial charge in [0.05, 0.1) is 0 Å². The van der Waals surface area contributed by atoms with Gasteiger partial charge in [0.1, 0.15) is 0 Å². The second-order valence-electron chi connectivity index (χ2n) is 4.09. The summed E-state index contributed by atoms with van der Waals surface area (Å²) in [4.78, 5) is -0.0673. The van der Waals surface area contributed by atoms with Gasteiger partial charge in [-0.15, -0.1) is 0 Å². The third-order valence-electron chi connectivity index (χ3n) is 2.69. The van der Waals surface area contributed by atoms with E-state index in [0.29, 0.717) is 17.0 Å². The fraction of sp³-hybridized carbons (Fsp3) is 0.143. The highest BCUT2D eigenvalue weighted by Crippen LogP contribution is 2.34. The molecule has 2 rings (SSSR count). The number of alkyl halides is 1. The first kappa shape index (κ1) is 14.9. The predicted molar refractivity (Wildman–Crippen MR) is 80.9 cm³/mol. The minimum atomic E-state index is -0.838. The van der Waals surface area contributed by atoms with Crippen LogP contribution in [-0.2, 0) is 6.42 Å². The van der Waals surface area contributed by atoms with Crippen LogP contribution >= 0.6 is 43.5 Å². The van der Waals surface area contributed by atoms with Crippen molar-refractivity contribution in [3.8, 4) is 0 Å². The molecule has 0 radical (unpaired) electrons. The fourth-order valence-corrected chi connectivity index (χ4v) is 3.25. The van der Waals surface area contributed by atoms with Crippen molar-refractivity contribution in [1.29, 1.82) is 0 Å². The van der Waals surface area contributed by atoms with E-state index in [0.717, 1.165) is 16.1 Å². The zero-order chi connectivity index (χ0) is 14.0. The molecule has 0 aliphatic rings. The van der Waals surface area contributed by atoms with Crippen molar-refractivity contribution in [3.63, 3.8) is 0 Å². The van der Waals surface area contributed by atoms with E-state index in [1.54, 1.807) is 12.1 Å². The first-order chi connectivity index (χ1) is 8.97. The molecule has 0 nitrogen and oxygen atoms in total. The van der Waals surface area contributed by atoms with Gasteiger partial charge in [0.15, 0.2) is 11.6 Å². The van der Waals surface area contributed by atoms with Crippen LogP contribution in [0.5, 0.6) is 0 Å². The van der Waals surface area contributed by atoms with E-state index in [1.807, 2.05) is 12.1 Å². The highest BCUT2D eigenvalue weighted by atomic mass is 79.9. The molecule has 2 aromatic rings. The normalized spacial score (nSPS) is 12.5. The summed E-state index contributed by atoms with van der Waals surface area (Å²) in [6.45, 7) is 0. The van der Waals surface area contributed by atoms with E-state index < -0.39 is 11.6 Å². The Kier molecular flexibility index (Phi) is 4.98. The molecular weight excluding hydrogens is 401 g/mol. The second-order valence-corrected chi connectivity index (χ2v) is 6.51. The Morgan fingerprint density at radius 2 is 1.79 bits per heavy atom. The predicted octanol–water partition coefficient (Wildman–Crippen LogP) is 6.06. The van der Waals surface area contributed by atoms with Gasteiger partial charge in [-0.1, -0.05) is 49.5 Å². The average molecular weight is 410 g/mol. The number of hydrogen-bond donors (Lipinski definition) is 0. The van der Waals surface area contributed by atoms with E-state index in [4.69, 9.17) is 11.6 Å². The summed E-state index contributed by atoms with van der Waals surface area (Å²) in [6.07, 6.45) is 0.521. The topological polar surface area (TPSA) is 0 Å². The Morgan fingerprint density at radius 1 is 1.05 bits per heavy atom. The fourth-order valence-electron chi connectivity index (χ4n) is 1.74. The standard InChI is InChI=1S/C14H9Br2ClF2/c15-9-2-3-12(17)10(7-9)11(16)5-8-1-4-13(18)14(19)6-8/h1-4,6-7,11H,5H2. The van der Waals surface area contributed by atoms with Gasteiger partial charge in [-0.2, -0.15) is 0 Å². The van der Waals surface area contributed by atoms with Crippen LogP contribution in [0.3, 0.4) is 0 Å². The molecule has 0 amide bonds. The largest absolute Gasteiger partial charge is 0.204 e. The smallest absolute Gasteiger partial charge is 0.159 e. The van der Waals surface area contributed by atoms with Gasteiger partial charge in [0.2, 0.25) is 0 Å². The Balaban J connectivity index is 2.22. The van der Waals surface area contributed by atoms with E-state index >= 15 is 0 Å². The Bertz CT molecular complexity index is 602. The third-order valence-corrected chi connectivity index (χ3v) is 4.35. The SMILES string of the molecule is Fc1ccc(CC(Br)c2cc(Br)ccc2Cl)cc1F. The molecule has 1 atom stereocenters. The van der Waals surface area contributed by atoms with Crippen molar-refractivity contribution in [1.82, 2.24) is 0 Å². The lowest BCUT2D eigenvalue weighted by Gasteiger charge is -2.13. The summed E-state index contributed by atoms with van der Waals surface area (Å²) in [7, 11) is 0. The van der Waals surface area contributed by atoms with Gasteiger partial charge in [-0.05, 0) is 47.9 Å². The molecule has 0 aliphatic heterocycles. The molecule has 0 heterocycles. The van der Waals surface area contributed by atoms with Crippen LogP contribution in [0.2, 0.25) is 5.02 Å². The highest BCUT2D eigenvalue weighted by Gasteiger charge is 2.14. The van der Waals surface area contributed by atoms with Crippen LogP contribution in [0.15, 0.2) is 40.9 Å². The monoisotopic (exact) mass is 408 g/mol. The first-order valence-electron chi connectivity index (χ1n) is 5.50. The molecule has 2 aromatic carbocycles. The minimum Gasteiger partial charge on any atom is -0.204 e. The molecule has 0 bridgehead atoms. The summed E-state index contributed by atoms with van der Waals surface area (Å²) in [5.74, 6) is -1.67. The minimum absolute atomic E-state index is 0.0673. The molecule has 5 heteroatoms. The van der Waals surface area contributed by atoms with E-state index in [9.17, 15) is 8.78 Å². The van der Waals surface area contributed by atoms with Crippen molar-refractivity contribution in [3.05, 3.63) is 68.7 Å². The summed E-state index contributed by atoms with van der Waals surface area (Å²) in [6, 6.07) is 9.45. The lowest BCUT2D eigenvalue weighted by atomic mass is 10.0. The van der Waals surface area contributed by atoms with Crippen molar-refractivity contribution >= 4 is 43.5 Å². The maximum Gasteiger partial charge on any atom is 0.159 e. The average Bonchev–Trinajstić information content (AvgIpc) is 2.36. The van der Waals surface area contributed by atoms with Crippen LogP contribution in [0.4, 0.5) is 8.78 Å². The molecule has 0 aliphatic carbocycles. The molecule has 19 heavy (non-hydrogen) atoms. The van der Waals surface area contributed by atoms with Crippen LogP contribution in [0.25, 0.3) is 0 Å². The van der Waals surface area contributed by atoms with Crippen LogP contribution in [-0.4, -0.2) is 0 Å². The highest BCUT2D eigenvalue weighted by molar-refractivity contribution is 9.10. The van der Waals surface area contributed by atoms with Gasteiger partial charge in [-0.3, -0.25) is 0 Å². The maximum atomic E-state index is 13.2. The lowest BCUT2D eigenvalue weighted by Crippen LogP contribution is -1.98. The molecule has 0 N–H and O–H groups in total. The Hall–Kier alpha value is -0.450. The molecule has 100 valence electrons. The second kappa shape index (κ2) is 6.33. The molecule has 0 fully saturated rings. The van der Waals surface area contributed by atoms with Crippen LogP contribution in [0, 0.1) is 11.6 Å². The third kappa shape index (κ3) is 3.77. The van der Waals surface area contributed by atoms with Gasteiger partial charge in [0.25, 0.3) is 0 Å². The van der Waals surface area contributed by atoms with Gasteiger partial charge >= 0.3 is 0 Å². The van der Waals surface area contributed by atoms with E-state index in [2.05, 4.69) is 31.9 Å². The van der Waals surface area contributed by atoms with Crippen molar-refractivity contribution < 1.29 is 8.78 Å². The quantitative estimate of drug-likeness (QED) is 0.540. The number of halogens is 5. The van der Waals surface area contributed by atoms with E-state index in [1.165, 1.54) is 6.07 Å². The number of benzene rings is 2. The summed E-state index contributed by atoms with van der Waals surface area (Å²) in [5.41, 5.74) is 1.61. The lowest BCUT2D eigenvalue weighted by molar-refractivity contribution is 0.507. The van der Waals surface area contributed by atoms with Gasteiger partial charge in [-0.25, -0.2) is 8.78 Å². The molecule has 0 saturated carbocycles. The van der Waals surface area contributed by atoms with Crippen LogP contribution in [0.1, 0.15) is 16.0 Å².